The van der Waals surface area contributed by atoms with E-state index in [4.69, 9.17) is 33.7 Å². The fraction of sp³-hybridized carbons (Fsp3) is 0.385. The average Bonchev–Trinajstić information content (AvgIpc) is 2.38. The molecule has 0 spiro atoms. The number of thiocarbonyl (C=S) groups is 1. The number of ether oxygens (including phenoxy) is 1. The molecule has 0 aromatic heterocycles. The Hall–Kier alpha value is -1.37. The lowest BCUT2D eigenvalue weighted by Gasteiger charge is -2.14. The van der Waals surface area contributed by atoms with Gasteiger partial charge in [-0.3, -0.25) is 5.32 Å². The van der Waals surface area contributed by atoms with Gasteiger partial charge in [-0.15, -0.1) is 0 Å². The molecule has 0 aromatic carbocycles. The van der Waals surface area contributed by atoms with Gasteiger partial charge in [0.15, 0.2) is 5.11 Å². The molecule has 0 saturated heterocycles. The van der Waals surface area contributed by atoms with Gasteiger partial charge in [0.05, 0.1) is 23.9 Å². The highest BCUT2D eigenvalue weighted by Gasteiger charge is 2.10. The summed E-state index contributed by atoms with van der Waals surface area (Å²) in [6, 6.07) is 0. The first-order chi connectivity index (χ1) is 9.56. The minimum Gasteiger partial charge on any atom is -0.450 e. The smallest absolute Gasteiger partial charge is 0.413 e. The molecule has 7 heteroatoms. The number of amides is 1. The van der Waals surface area contributed by atoms with E-state index in [2.05, 4.69) is 10.6 Å². The molecule has 0 aromatic rings. The molecular formula is C13H17ClN2O3S. The van der Waals surface area contributed by atoms with Gasteiger partial charge in [0, 0.05) is 0 Å². The molecule has 0 fully saturated rings. The van der Waals surface area contributed by atoms with Gasteiger partial charge in [0.2, 0.25) is 0 Å². The van der Waals surface area contributed by atoms with Gasteiger partial charge in [-0.25, -0.2) is 4.79 Å². The summed E-state index contributed by atoms with van der Waals surface area (Å²) in [6.45, 7) is 1.90. The summed E-state index contributed by atoms with van der Waals surface area (Å²) in [5.41, 5.74) is 1.33. The Kier molecular flexibility index (Phi) is 7.28. The van der Waals surface area contributed by atoms with Crippen LogP contribution in [-0.4, -0.2) is 29.5 Å². The van der Waals surface area contributed by atoms with Crippen molar-refractivity contribution in [3.05, 3.63) is 34.5 Å². The molecule has 0 saturated carbocycles. The Morgan fingerprint density at radius 3 is 2.85 bits per heavy atom. The first kappa shape index (κ1) is 16.7. The van der Waals surface area contributed by atoms with Crippen LogP contribution in [0, 0.1) is 0 Å². The van der Waals surface area contributed by atoms with E-state index in [1.807, 2.05) is 12.2 Å². The van der Waals surface area contributed by atoms with Crippen LogP contribution in [0.15, 0.2) is 34.5 Å². The van der Waals surface area contributed by atoms with Gasteiger partial charge in [0.25, 0.3) is 0 Å². The van der Waals surface area contributed by atoms with Crippen molar-refractivity contribution in [2.75, 3.05) is 13.2 Å². The number of aliphatic hydroxyl groups excluding tert-OH is 1. The molecule has 0 bridgehead atoms. The normalized spacial score (nSPS) is 22.9. The van der Waals surface area contributed by atoms with Crippen molar-refractivity contribution in [3.8, 4) is 0 Å². The molecule has 5 nitrogen and oxygen atoms in total. The topological polar surface area (TPSA) is 70.6 Å². The van der Waals surface area contributed by atoms with Gasteiger partial charge in [-0.05, 0) is 43.6 Å². The van der Waals surface area contributed by atoms with Crippen LogP contribution in [0.1, 0.15) is 19.8 Å². The van der Waals surface area contributed by atoms with Crippen LogP contribution in [0.5, 0.6) is 0 Å². The van der Waals surface area contributed by atoms with Crippen molar-refractivity contribution in [2.24, 2.45) is 0 Å². The Bertz CT molecular complexity index is 472. The first-order valence-corrected chi connectivity index (χ1v) is 6.97. The molecule has 1 aliphatic carbocycles. The maximum Gasteiger partial charge on any atom is 0.413 e. The zero-order valence-electron chi connectivity index (χ0n) is 11.1. The summed E-state index contributed by atoms with van der Waals surface area (Å²) in [5, 5.41) is 14.9. The van der Waals surface area contributed by atoms with E-state index in [1.54, 1.807) is 13.0 Å². The van der Waals surface area contributed by atoms with Crippen LogP contribution in [0.3, 0.4) is 0 Å². The molecule has 20 heavy (non-hydrogen) atoms. The average molecular weight is 317 g/mol. The van der Waals surface area contributed by atoms with Crippen molar-refractivity contribution in [2.45, 2.75) is 19.8 Å². The second kappa shape index (κ2) is 8.73. The van der Waals surface area contributed by atoms with E-state index in [0.717, 1.165) is 18.4 Å². The summed E-state index contributed by atoms with van der Waals surface area (Å²) in [5.74, 6) is 0. The van der Waals surface area contributed by atoms with Crippen molar-refractivity contribution in [3.63, 3.8) is 0 Å². The number of halogens is 1. The zero-order chi connectivity index (χ0) is 15.0. The maximum atomic E-state index is 11.2. The summed E-state index contributed by atoms with van der Waals surface area (Å²) in [4.78, 5) is 11.2. The predicted molar refractivity (Wildman–Crippen MR) is 82.3 cm³/mol. The standard InChI is InChI=1S/C13H17ClN2O3S/c1-2-19-13(18)16-12(20)15-11-6-4-3-5-9(8-17)7-10(11)14/h5-7,17H,2-4,8H2,1H3,(H2,15,16,18,20)/b9-5-,10-7+,11-6+. The molecule has 3 N–H and O–H groups in total. The molecule has 0 aliphatic heterocycles. The van der Waals surface area contributed by atoms with Crippen LogP contribution >= 0.6 is 23.8 Å². The monoisotopic (exact) mass is 316 g/mol. The maximum absolute atomic E-state index is 11.2. The van der Waals surface area contributed by atoms with E-state index in [-0.39, 0.29) is 18.3 Å². The Balaban J connectivity index is 2.68. The van der Waals surface area contributed by atoms with Crippen LogP contribution in [-0.2, 0) is 4.74 Å². The SMILES string of the molecule is CCOC(=O)NC(=S)NC1=C/CC/C=C(CO)/C=C\1Cl. The summed E-state index contributed by atoms with van der Waals surface area (Å²) < 4.78 is 4.72. The first-order valence-electron chi connectivity index (χ1n) is 6.19. The van der Waals surface area contributed by atoms with Crippen molar-refractivity contribution >= 4 is 35.0 Å². The number of rotatable bonds is 3. The van der Waals surface area contributed by atoms with Gasteiger partial charge in [0.1, 0.15) is 0 Å². The summed E-state index contributed by atoms with van der Waals surface area (Å²) >= 11 is 11.2. The number of nitrogens with one attached hydrogen (secondary N) is 2. The molecule has 0 unspecified atom stereocenters. The van der Waals surface area contributed by atoms with Crippen molar-refractivity contribution in [1.82, 2.24) is 10.6 Å². The van der Waals surface area contributed by atoms with Crippen LogP contribution in [0.25, 0.3) is 0 Å². The number of carbonyl (C=O) groups excluding carboxylic acids is 1. The van der Waals surface area contributed by atoms with E-state index in [0.29, 0.717) is 10.7 Å². The highest BCUT2D eigenvalue weighted by atomic mass is 35.5. The third kappa shape index (κ3) is 5.73. The Morgan fingerprint density at radius 2 is 2.20 bits per heavy atom. The van der Waals surface area contributed by atoms with Crippen LogP contribution in [0.2, 0.25) is 0 Å². The van der Waals surface area contributed by atoms with E-state index in [9.17, 15) is 4.79 Å². The molecule has 0 heterocycles. The number of carbonyl (C=O) groups is 1. The minimum atomic E-state index is -0.618. The molecule has 1 amide bonds. The minimum absolute atomic E-state index is 0.0744. The second-order valence-electron chi connectivity index (χ2n) is 3.92. The summed E-state index contributed by atoms with van der Waals surface area (Å²) in [7, 11) is 0. The van der Waals surface area contributed by atoms with E-state index in [1.165, 1.54) is 0 Å². The number of alkyl carbamates (subject to hydrolysis) is 1. The molecule has 110 valence electrons. The fourth-order valence-electron chi connectivity index (χ4n) is 1.53. The van der Waals surface area contributed by atoms with Crippen LogP contribution < -0.4 is 10.6 Å². The van der Waals surface area contributed by atoms with Crippen LogP contribution in [0.4, 0.5) is 4.79 Å². The van der Waals surface area contributed by atoms with Gasteiger partial charge in [-0.1, -0.05) is 23.8 Å². The highest BCUT2D eigenvalue weighted by Crippen LogP contribution is 2.19. The number of hydrogen-bond donors (Lipinski definition) is 3. The van der Waals surface area contributed by atoms with E-state index >= 15 is 0 Å². The highest BCUT2D eigenvalue weighted by molar-refractivity contribution is 7.80. The zero-order valence-corrected chi connectivity index (χ0v) is 12.7. The Morgan fingerprint density at radius 1 is 1.50 bits per heavy atom. The Labute approximate surface area is 128 Å². The third-order valence-electron chi connectivity index (χ3n) is 2.41. The lowest BCUT2D eigenvalue weighted by Crippen LogP contribution is -2.39. The fourth-order valence-corrected chi connectivity index (χ4v) is 1.99. The summed E-state index contributed by atoms with van der Waals surface area (Å²) in [6.07, 6.45) is 6.38. The predicted octanol–water partition coefficient (Wildman–Crippen LogP) is 2.33. The number of aliphatic hydroxyl groups is 1. The van der Waals surface area contributed by atoms with Gasteiger partial charge in [-0.2, -0.15) is 0 Å². The van der Waals surface area contributed by atoms with Crippen molar-refractivity contribution < 1.29 is 14.6 Å². The van der Waals surface area contributed by atoms with Gasteiger partial charge >= 0.3 is 6.09 Å². The molecule has 0 atom stereocenters. The molecule has 0 radical (unpaired) electrons. The van der Waals surface area contributed by atoms with E-state index < -0.39 is 6.09 Å². The molecule has 1 rings (SSSR count). The quantitative estimate of drug-likeness (QED) is 0.697. The van der Waals surface area contributed by atoms with Gasteiger partial charge < -0.3 is 15.2 Å². The van der Waals surface area contributed by atoms with Crippen molar-refractivity contribution in [1.29, 1.82) is 0 Å². The molecule has 1 aliphatic rings. The lowest BCUT2D eigenvalue weighted by atomic mass is 10.1. The number of allylic oxidation sites excluding steroid dienone is 3. The second-order valence-corrected chi connectivity index (χ2v) is 4.74. The third-order valence-corrected chi connectivity index (χ3v) is 2.93. The lowest BCUT2D eigenvalue weighted by molar-refractivity contribution is 0.158. The largest absolute Gasteiger partial charge is 0.450 e. The molecular weight excluding hydrogens is 300 g/mol. The number of hydrogen-bond acceptors (Lipinski definition) is 4.